The summed E-state index contributed by atoms with van der Waals surface area (Å²) in [7, 11) is 0. The quantitative estimate of drug-likeness (QED) is 0.263. The van der Waals surface area contributed by atoms with E-state index in [0.29, 0.717) is 57.5 Å². The minimum absolute atomic E-state index is 0.0581. The summed E-state index contributed by atoms with van der Waals surface area (Å²) in [4.78, 5) is 18.9. The standard InChI is InChI=1S/C29H37F6N5O/c1-2-5-25(6-3-12-28(30,31)32)39-18-16-38(17-19-39)13-4-7-27(41)40-14-10-23(11-15-40)37-24-9-8-22(21-36)26(20-24)29(33,34)35/h3,5-6,8-9,20,23,37H,2,4,7,10-19H2,1H3/b6-3-,25-5+. The van der Waals surface area contributed by atoms with Gasteiger partial charge in [0.2, 0.25) is 5.91 Å². The van der Waals surface area contributed by atoms with Gasteiger partial charge in [0, 0.05) is 63.1 Å². The predicted octanol–water partition coefficient (Wildman–Crippen LogP) is 6.18. The van der Waals surface area contributed by atoms with Crippen LogP contribution in [0.5, 0.6) is 0 Å². The Morgan fingerprint density at radius 2 is 1.73 bits per heavy atom. The molecule has 0 atom stereocenters. The van der Waals surface area contributed by atoms with Gasteiger partial charge in [0.25, 0.3) is 0 Å². The number of hydrogen-bond acceptors (Lipinski definition) is 5. The summed E-state index contributed by atoms with van der Waals surface area (Å²) >= 11 is 0. The number of piperidine rings is 1. The second-order valence-corrected chi connectivity index (χ2v) is 10.4. The average molecular weight is 586 g/mol. The normalized spacial score (nSPS) is 18.1. The number of carbonyl (C=O) groups excluding carboxylic acids is 1. The van der Waals surface area contributed by atoms with E-state index >= 15 is 0 Å². The van der Waals surface area contributed by atoms with Crippen molar-refractivity contribution in [2.45, 2.75) is 63.8 Å². The number of carbonyl (C=O) groups is 1. The van der Waals surface area contributed by atoms with Crippen LogP contribution in [-0.2, 0) is 11.0 Å². The summed E-state index contributed by atoms with van der Waals surface area (Å²) < 4.78 is 77.2. The van der Waals surface area contributed by atoms with E-state index in [2.05, 4.69) is 15.1 Å². The van der Waals surface area contributed by atoms with Crippen LogP contribution in [-0.4, -0.2) is 78.6 Å². The van der Waals surface area contributed by atoms with Gasteiger partial charge in [-0.1, -0.05) is 19.1 Å². The zero-order valence-corrected chi connectivity index (χ0v) is 23.2. The maximum absolute atomic E-state index is 13.2. The van der Waals surface area contributed by atoms with Crippen molar-refractivity contribution in [2.24, 2.45) is 0 Å². The molecule has 2 heterocycles. The van der Waals surface area contributed by atoms with Crippen molar-refractivity contribution < 1.29 is 31.1 Å². The first-order chi connectivity index (χ1) is 19.4. The van der Waals surface area contributed by atoms with E-state index in [4.69, 9.17) is 5.26 Å². The SMILES string of the molecule is CC/C=C(\C=C/CC(F)(F)F)N1CCN(CCCC(=O)N2CCC(Nc3ccc(C#N)c(C(F)(F)F)c3)CC2)CC1. The highest BCUT2D eigenvalue weighted by Gasteiger charge is 2.34. The van der Waals surface area contributed by atoms with Crippen LogP contribution >= 0.6 is 0 Å². The van der Waals surface area contributed by atoms with E-state index < -0.39 is 29.9 Å². The Morgan fingerprint density at radius 1 is 1.05 bits per heavy atom. The topological polar surface area (TPSA) is 62.6 Å². The Balaban J connectivity index is 1.37. The summed E-state index contributed by atoms with van der Waals surface area (Å²) in [6, 6.07) is 5.10. The molecule has 1 aromatic rings. The van der Waals surface area contributed by atoms with Gasteiger partial charge in [-0.05, 0) is 56.5 Å². The molecule has 0 aliphatic carbocycles. The molecule has 0 aromatic heterocycles. The third-order valence-electron chi connectivity index (χ3n) is 7.32. The summed E-state index contributed by atoms with van der Waals surface area (Å²) in [5.74, 6) is 0.0581. The van der Waals surface area contributed by atoms with Crippen molar-refractivity contribution in [1.29, 1.82) is 5.26 Å². The number of likely N-dealkylation sites (tertiary alicyclic amines) is 1. The highest BCUT2D eigenvalue weighted by molar-refractivity contribution is 5.76. The smallest absolute Gasteiger partial charge is 0.382 e. The molecule has 2 aliphatic heterocycles. The Hall–Kier alpha value is -3.20. The number of piperazine rings is 1. The first kappa shape index (κ1) is 32.3. The molecule has 1 amide bonds. The fourth-order valence-corrected chi connectivity index (χ4v) is 5.14. The predicted molar refractivity (Wildman–Crippen MR) is 145 cm³/mol. The molecule has 12 heteroatoms. The molecule has 0 unspecified atom stereocenters. The summed E-state index contributed by atoms with van der Waals surface area (Å²) in [6.45, 7) is 6.70. The van der Waals surface area contributed by atoms with Gasteiger partial charge in [0.15, 0.2) is 0 Å². The van der Waals surface area contributed by atoms with Crippen molar-refractivity contribution in [2.75, 3.05) is 51.1 Å². The van der Waals surface area contributed by atoms with E-state index in [1.807, 2.05) is 13.0 Å². The molecule has 226 valence electrons. The van der Waals surface area contributed by atoms with E-state index in [1.165, 1.54) is 12.1 Å². The van der Waals surface area contributed by atoms with Gasteiger partial charge < -0.3 is 15.1 Å². The number of nitriles is 1. The lowest BCUT2D eigenvalue weighted by atomic mass is 10.0. The lowest BCUT2D eigenvalue weighted by molar-refractivity contribution is -0.137. The number of allylic oxidation sites excluding steroid dienone is 3. The summed E-state index contributed by atoms with van der Waals surface area (Å²) in [6.07, 6.45) is -2.07. The van der Waals surface area contributed by atoms with Crippen LogP contribution in [0.25, 0.3) is 0 Å². The highest BCUT2D eigenvalue weighted by atomic mass is 19.4. The van der Waals surface area contributed by atoms with Gasteiger partial charge in [-0.2, -0.15) is 31.6 Å². The number of nitrogens with one attached hydrogen (secondary N) is 1. The van der Waals surface area contributed by atoms with Crippen molar-refractivity contribution in [3.63, 3.8) is 0 Å². The fraction of sp³-hybridized carbons (Fsp3) is 0.586. The lowest BCUT2D eigenvalue weighted by Crippen LogP contribution is -2.46. The number of amides is 1. The monoisotopic (exact) mass is 585 g/mol. The molecular weight excluding hydrogens is 548 g/mol. The van der Waals surface area contributed by atoms with E-state index in [9.17, 15) is 31.1 Å². The highest BCUT2D eigenvalue weighted by Crippen LogP contribution is 2.34. The van der Waals surface area contributed by atoms with Gasteiger partial charge >= 0.3 is 12.4 Å². The van der Waals surface area contributed by atoms with Crippen LogP contribution in [0.3, 0.4) is 0 Å². The molecule has 0 bridgehead atoms. The van der Waals surface area contributed by atoms with Crippen molar-refractivity contribution >= 4 is 11.6 Å². The van der Waals surface area contributed by atoms with Crippen LogP contribution < -0.4 is 5.32 Å². The van der Waals surface area contributed by atoms with Gasteiger partial charge in [0.05, 0.1) is 23.6 Å². The first-order valence-corrected chi connectivity index (χ1v) is 14.0. The van der Waals surface area contributed by atoms with E-state index in [-0.39, 0.29) is 11.9 Å². The largest absolute Gasteiger partial charge is 0.417 e. The van der Waals surface area contributed by atoms with E-state index in [1.54, 1.807) is 17.0 Å². The Labute approximate surface area is 237 Å². The molecule has 3 rings (SSSR count). The molecule has 0 spiro atoms. The van der Waals surface area contributed by atoms with Crippen molar-refractivity contribution in [3.8, 4) is 6.07 Å². The first-order valence-electron chi connectivity index (χ1n) is 14.0. The van der Waals surface area contributed by atoms with Crippen LogP contribution in [0.2, 0.25) is 0 Å². The molecule has 0 radical (unpaired) electrons. The molecule has 2 fully saturated rings. The average Bonchev–Trinajstić information content (AvgIpc) is 2.92. The number of alkyl halides is 6. The number of halogens is 6. The van der Waals surface area contributed by atoms with Gasteiger partial charge in [-0.15, -0.1) is 0 Å². The minimum Gasteiger partial charge on any atom is -0.382 e. The van der Waals surface area contributed by atoms with E-state index in [0.717, 1.165) is 43.9 Å². The number of benzene rings is 1. The van der Waals surface area contributed by atoms with Gasteiger partial charge in [-0.3, -0.25) is 9.69 Å². The second-order valence-electron chi connectivity index (χ2n) is 10.4. The Kier molecular flexibility index (Phi) is 11.5. The zero-order valence-electron chi connectivity index (χ0n) is 23.2. The third kappa shape index (κ3) is 10.3. The fourth-order valence-electron chi connectivity index (χ4n) is 5.14. The maximum Gasteiger partial charge on any atom is 0.417 e. The molecule has 6 nitrogen and oxygen atoms in total. The summed E-state index contributed by atoms with van der Waals surface area (Å²) in [5.41, 5.74) is -0.268. The Morgan fingerprint density at radius 3 is 2.32 bits per heavy atom. The van der Waals surface area contributed by atoms with Gasteiger partial charge in [-0.25, -0.2) is 0 Å². The van der Waals surface area contributed by atoms with Crippen LogP contribution in [0, 0.1) is 11.3 Å². The molecule has 2 saturated heterocycles. The second kappa shape index (κ2) is 14.6. The molecular formula is C29H37F6N5O. The molecule has 1 aromatic carbocycles. The Bertz CT molecular complexity index is 1110. The number of hydrogen-bond donors (Lipinski definition) is 1. The third-order valence-corrected chi connectivity index (χ3v) is 7.32. The maximum atomic E-state index is 13.2. The van der Waals surface area contributed by atoms with Crippen LogP contribution in [0.4, 0.5) is 32.0 Å². The van der Waals surface area contributed by atoms with Gasteiger partial charge in [0.1, 0.15) is 0 Å². The minimum atomic E-state index is -4.61. The summed E-state index contributed by atoms with van der Waals surface area (Å²) in [5, 5.41) is 12.1. The number of nitrogens with zero attached hydrogens (tertiary/aromatic N) is 4. The zero-order chi connectivity index (χ0) is 30.0. The molecule has 2 aliphatic rings. The van der Waals surface area contributed by atoms with Crippen molar-refractivity contribution in [1.82, 2.24) is 14.7 Å². The number of rotatable bonds is 10. The lowest BCUT2D eigenvalue weighted by Gasteiger charge is -2.37. The molecule has 1 N–H and O–H groups in total. The number of anilines is 1. The van der Waals surface area contributed by atoms with Crippen LogP contribution in [0.15, 0.2) is 42.1 Å². The molecule has 41 heavy (non-hydrogen) atoms. The van der Waals surface area contributed by atoms with Crippen molar-refractivity contribution in [3.05, 3.63) is 53.3 Å². The molecule has 0 saturated carbocycles. The van der Waals surface area contributed by atoms with Crippen LogP contribution in [0.1, 0.15) is 56.6 Å².